The van der Waals surface area contributed by atoms with E-state index in [-0.39, 0.29) is 18.4 Å². The van der Waals surface area contributed by atoms with Crippen molar-refractivity contribution in [3.8, 4) is 0 Å². The lowest BCUT2D eigenvalue weighted by Crippen LogP contribution is -2.50. The number of esters is 1. The van der Waals surface area contributed by atoms with Crippen molar-refractivity contribution in [2.45, 2.75) is 26.8 Å². The van der Waals surface area contributed by atoms with Gasteiger partial charge in [-0.3, -0.25) is 14.4 Å². The molecule has 0 fully saturated rings. The number of nitrogens with one attached hydrogen (secondary N) is 2. The van der Waals surface area contributed by atoms with Crippen molar-refractivity contribution in [2.75, 3.05) is 13.7 Å². The molecule has 0 saturated carbocycles. The maximum Gasteiger partial charge on any atom is 0.325 e. The van der Waals surface area contributed by atoms with Gasteiger partial charge in [0.2, 0.25) is 11.8 Å². The van der Waals surface area contributed by atoms with Gasteiger partial charge in [-0.25, -0.2) is 0 Å². The Morgan fingerprint density at radius 2 is 1.81 bits per heavy atom. The van der Waals surface area contributed by atoms with Crippen LogP contribution in [0.2, 0.25) is 0 Å². The topological polar surface area (TPSA) is 84.5 Å². The van der Waals surface area contributed by atoms with Crippen LogP contribution in [0.5, 0.6) is 0 Å². The van der Waals surface area contributed by atoms with Crippen molar-refractivity contribution < 1.29 is 19.1 Å². The Bertz CT molecular complexity index is 276. The molecule has 0 aliphatic heterocycles. The first-order chi connectivity index (χ1) is 7.38. The van der Waals surface area contributed by atoms with Gasteiger partial charge in [-0.1, -0.05) is 13.8 Å². The molecule has 0 aromatic rings. The van der Waals surface area contributed by atoms with Crippen molar-refractivity contribution >= 4 is 17.8 Å². The summed E-state index contributed by atoms with van der Waals surface area (Å²) in [5, 5.41) is 4.91. The van der Waals surface area contributed by atoms with E-state index in [9.17, 15) is 14.4 Å². The van der Waals surface area contributed by atoms with Gasteiger partial charge in [0.15, 0.2) is 0 Å². The van der Waals surface area contributed by atoms with Crippen LogP contribution >= 0.6 is 0 Å². The highest BCUT2D eigenvalue weighted by atomic mass is 16.5. The normalized spacial score (nSPS) is 11.8. The zero-order valence-electron chi connectivity index (χ0n) is 9.99. The lowest BCUT2D eigenvalue weighted by atomic mass is 10.0. The summed E-state index contributed by atoms with van der Waals surface area (Å²) in [6, 6.07) is -0.637. The average molecular weight is 230 g/mol. The molecule has 0 saturated heterocycles. The molecule has 2 amide bonds. The minimum Gasteiger partial charge on any atom is -0.468 e. The molecule has 0 spiro atoms. The van der Waals surface area contributed by atoms with Gasteiger partial charge in [-0.15, -0.1) is 0 Å². The van der Waals surface area contributed by atoms with Crippen molar-refractivity contribution in [1.82, 2.24) is 10.6 Å². The van der Waals surface area contributed by atoms with E-state index in [2.05, 4.69) is 15.4 Å². The number of amides is 2. The predicted molar refractivity (Wildman–Crippen MR) is 57.5 cm³/mol. The van der Waals surface area contributed by atoms with Crippen LogP contribution in [0.25, 0.3) is 0 Å². The van der Waals surface area contributed by atoms with Crippen LogP contribution in [0.4, 0.5) is 0 Å². The van der Waals surface area contributed by atoms with E-state index in [1.165, 1.54) is 14.0 Å². The summed E-state index contributed by atoms with van der Waals surface area (Å²) >= 11 is 0. The van der Waals surface area contributed by atoms with Gasteiger partial charge in [0.25, 0.3) is 0 Å². The third-order valence-electron chi connectivity index (χ3n) is 1.94. The summed E-state index contributed by atoms with van der Waals surface area (Å²) in [6.07, 6.45) is 0. The second-order valence-corrected chi connectivity index (χ2v) is 3.72. The maximum atomic E-state index is 11.6. The third-order valence-corrected chi connectivity index (χ3v) is 1.94. The van der Waals surface area contributed by atoms with Crippen molar-refractivity contribution in [2.24, 2.45) is 5.92 Å². The first kappa shape index (κ1) is 14.4. The van der Waals surface area contributed by atoms with Gasteiger partial charge in [0.1, 0.15) is 12.6 Å². The predicted octanol–water partition coefficient (Wildman–Crippen LogP) is -0.564. The average Bonchev–Trinajstić information content (AvgIpc) is 2.21. The van der Waals surface area contributed by atoms with Crippen molar-refractivity contribution in [1.29, 1.82) is 0 Å². The molecule has 6 nitrogen and oxygen atoms in total. The molecule has 0 heterocycles. The Hall–Kier alpha value is -1.59. The summed E-state index contributed by atoms with van der Waals surface area (Å²) in [5.74, 6) is -1.26. The smallest absolute Gasteiger partial charge is 0.325 e. The maximum absolute atomic E-state index is 11.6. The highest BCUT2D eigenvalue weighted by Crippen LogP contribution is 2.01. The fourth-order valence-electron chi connectivity index (χ4n) is 1.10. The Morgan fingerprint density at radius 3 is 2.19 bits per heavy atom. The summed E-state index contributed by atoms with van der Waals surface area (Å²) in [5.41, 5.74) is 0. The summed E-state index contributed by atoms with van der Waals surface area (Å²) < 4.78 is 4.38. The Kier molecular flexibility index (Phi) is 6.14. The van der Waals surface area contributed by atoms with Gasteiger partial charge < -0.3 is 15.4 Å². The molecule has 6 heteroatoms. The monoisotopic (exact) mass is 230 g/mol. The fraction of sp³-hybridized carbons (Fsp3) is 0.700. The Labute approximate surface area is 94.7 Å². The van der Waals surface area contributed by atoms with E-state index >= 15 is 0 Å². The summed E-state index contributed by atoms with van der Waals surface area (Å²) in [6.45, 7) is 4.75. The highest BCUT2D eigenvalue weighted by molar-refractivity contribution is 5.89. The van der Waals surface area contributed by atoms with Crippen LogP contribution in [-0.2, 0) is 19.1 Å². The number of carbonyl (C=O) groups is 3. The van der Waals surface area contributed by atoms with Crippen LogP contribution in [0.3, 0.4) is 0 Å². The largest absolute Gasteiger partial charge is 0.468 e. The van der Waals surface area contributed by atoms with Crippen LogP contribution < -0.4 is 10.6 Å². The van der Waals surface area contributed by atoms with Crippen LogP contribution in [0.15, 0.2) is 0 Å². The van der Waals surface area contributed by atoms with Gasteiger partial charge >= 0.3 is 5.97 Å². The molecule has 0 bridgehead atoms. The minimum atomic E-state index is -0.637. The second kappa shape index (κ2) is 6.81. The van der Waals surface area contributed by atoms with E-state index < -0.39 is 17.9 Å². The summed E-state index contributed by atoms with van der Waals surface area (Å²) in [4.78, 5) is 33.3. The lowest BCUT2D eigenvalue weighted by Gasteiger charge is -2.20. The first-order valence-electron chi connectivity index (χ1n) is 5.00. The van der Waals surface area contributed by atoms with Gasteiger partial charge in [-0.2, -0.15) is 0 Å². The SMILES string of the molecule is COC(=O)CNC(=O)C(NC(C)=O)C(C)C. The van der Waals surface area contributed by atoms with Crippen LogP contribution in [0.1, 0.15) is 20.8 Å². The first-order valence-corrected chi connectivity index (χ1v) is 5.00. The molecule has 0 aliphatic rings. The second-order valence-electron chi connectivity index (χ2n) is 3.72. The molecular weight excluding hydrogens is 212 g/mol. The number of rotatable bonds is 5. The molecule has 2 N–H and O–H groups in total. The molecule has 0 aromatic heterocycles. The van der Waals surface area contributed by atoms with Crippen LogP contribution in [0, 0.1) is 5.92 Å². The van der Waals surface area contributed by atoms with Gasteiger partial charge in [0.05, 0.1) is 7.11 Å². The zero-order chi connectivity index (χ0) is 12.7. The lowest BCUT2D eigenvalue weighted by molar-refractivity contribution is -0.141. The number of carbonyl (C=O) groups excluding carboxylic acids is 3. The Balaban J connectivity index is 4.28. The molecule has 0 aromatic carbocycles. The number of ether oxygens (including phenoxy) is 1. The zero-order valence-corrected chi connectivity index (χ0v) is 9.99. The molecule has 1 atom stereocenters. The number of methoxy groups -OCH3 is 1. The van der Waals surface area contributed by atoms with E-state index in [0.29, 0.717) is 0 Å². The van der Waals surface area contributed by atoms with E-state index in [1.807, 2.05) is 0 Å². The minimum absolute atomic E-state index is 0.0541. The quantitative estimate of drug-likeness (QED) is 0.620. The van der Waals surface area contributed by atoms with E-state index in [1.54, 1.807) is 13.8 Å². The molecular formula is C10H18N2O4. The summed E-state index contributed by atoms with van der Waals surface area (Å²) in [7, 11) is 1.24. The number of hydrogen-bond acceptors (Lipinski definition) is 4. The Morgan fingerprint density at radius 1 is 1.25 bits per heavy atom. The fourth-order valence-corrected chi connectivity index (χ4v) is 1.10. The standard InChI is InChI=1S/C10H18N2O4/c1-6(2)9(12-7(3)13)10(15)11-5-8(14)16-4/h6,9H,5H2,1-4H3,(H,11,15)(H,12,13). The molecule has 16 heavy (non-hydrogen) atoms. The van der Waals surface area contributed by atoms with Gasteiger partial charge in [0, 0.05) is 6.92 Å². The molecule has 1 unspecified atom stereocenters. The van der Waals surface area contributed by atoms with Gasteiger partial charge in [-0.05, 0) is 5.92 Å². The molecule has 0 radical (unpaired) electrons. The van der Waals surface area contributed by atoms with Crippen molar-refractivity contribution in [3.05, 3.63) is 0 Å². The molecule has 0 rings (SSSR count). The molecule has 92 valence electrons. The van der Waals surface area contributed by atoms with Crippen molar-refractivity contribution in [3.63, 3.8) is 0 Å². The van der Waals surface area contributed by atoms with E-state index in [4.69, 9.17) is 0 Å². The van der Waals surface area contributed by atoms with Crippen LogP contribution in [-0.4, -0.2) is 37.5 Å². The highest BCUT2D eigenvalue weighted by Gasteiger charge is 2.23. The molecule has 0 aliphatic carbocycles. The number of hydrogen-bond donors (Lipinski definition) is 2. The van der Waals surface area contributed by atoms with E-state index in [0.717, 1.165) is 0 Å². The third kappa shape index (κ3) is 5.33.